The van der Waals surface area contributed by atoms with Gasteiger partial charge in [-0.1, -0.05) is 25.9 Å². The molecule has 2 N–H and O–H groups in total. The van der Waals surface area contributed by atoms with E-state index in [-0.39, 0.29) is 0 Å². The second-order valence-electron chi connectivity index (χ2n) is 6.05. The number of nitrogens with zero attached hydrogens (tertiary/aromatic N) is 3. The first-order chi connectivity index (χ1) is 11.6. The number of aromatic nitrogens is 1. The van der Waals surface area contributed by atoms with Crippen molar-refractivity contribution in [2.75, 3.05) is 26.2 Å². The number of guanidine groups is 1. The molecule has 0 saturated carbocycles. The van der Waals surface area contributed by atoms with Gasteiger partial charge in [0, 0.05) is 18.7 Å². The Labute approximate surface area is 147 Å². The molecule has 0 saturated heterocycles. The van der Waals surface area contributed by atoms with Gasteiger partial charge in [-0.2, -0.15) is 0 Å². The highest BCUT2D eigenvalue weighted by Crippen LogP contribution is 2.05. The molecular weight excluding hydrogens is 302 g/mol. The molecule has 1 heterocycles. The fourth-order valence-electron chi connectivity index (χ4n) is 2.54. The molecule has 138 valence electrons. The van der Waals surface area contributed by atoms with E-state index in [1.165, 1.54) is 6.42 Å². The summed E-state index contributed by atoms with van der Waals surface area (Å²) < 4.78 is 5.29. The van der Waals surface area contributed by atoms with Crippen LogP contribution >= 0.6 is 0 Å². The number of nitrogens with one attached hydrogen (secondary N) is 2. The largest absolute Gasteiger partial charge is 0.359 e. The smallest absolute Gasteiger partial charge is 0.191 e. The van der Waals surface area contributed by atoms with Crippen LogP contribution < -0.4 is 10.6 Å². The second-order valence-corrected chi connectivity index (χ2v) is 6.05. The Bertz CT molecular complexity index is 468. The van der Waals surface area contributed by atoms with Crippen molar-refractivity contribution >= 4 is 5.96 Å². The maximum Gasteiger partial charge on any atom is 0.191 e. The lowest BCUT2D eigenvalue weighted by Gasteiger charge is -2.21. The summed E-state index contributed by atoms with van der Waals surface area (Å²) in [6, 6.07) is 2.36. The number of hydrogen-bond donors (Lipinski definition) is 2. The molecule has 0 amide bonds. The van der Waals surface area contributed by atoms with E-state index in [1.54, 1.807) is 0 Å². The minimum atomic E-state index is 0.388. The first-order valence-electron chi connectivity index (χ1n) is 9.34. The van der Waals surface area contributed by atoms with Crippen molar-refractivity contribution in [1.29, 1.82) is 0 Å². The highest BCUT2D eigenvalue weighted by Gasteiger charge is 2.07. The van der Waals surface area contributed by atoms with Crippen LogP contribution in [-0.4, -0.2) is 48.2 Å². The lowest BCUT2D eigenvalue weighted by atomic mass is 10.2. The van der Waals surface area contributed by atoms with Gasteiger partial charge in [-0.15, -0.1) is 0 Å². The van der Waals surface area contributed by atoms with Gasteiger partial charge in [0.1, 0.15) is 6.54 Å². The molecule has 1 aromatic rings. The van der Waals surface area contributed by atoms with Crippen molar-refractivity contribution in [2.24, 2.45) is 4.99 Å². The normalized spacial score (nSPS) is 13.3. The van der Waals surface area contributed by atoms with E-state index in [2.05, 4.69) is 60.3 Å². The van der Waals surface area contributed by atoms with Gasteiger partial charge in [-0.3, -0.25) is 0 Å². The van der Waals surface area contributed by atoms with Gasteiger partial charge in [0.25, 0.3) is 0 Å². The quantitative estimate of drug-likeness (QED) is 0.480. The summed E-state index contributed by atoms with van der Waals surface area (Å²) >= 11 is 0. The van der Waals surface area contributed by atoms with Crippen LogP contribution in [0.2, 0.25) is 0 Å². The Morgan fingerprint density at radius 2 is 2.04 bits per heavy atom. The van der Waals surface area contributed by atoms with Gasteiger partial charge >= 0.3 is 0 Å². The number of aliphatic imine (C=N–C) groups is 1. The zero-order valence-corrected chi connectivity index (χ0v) is 16.1. The van der Waals surface area contributed by atoms with Crippen LogP contribution in [0, 0.1) is 0 Å². The number of aryl methyl sites for hydroxylation is 1. The zero-order chi connectivity index (χ0) is 17.8. The Balaban J connectivity index is 2.44. The molecule has 0 bridgehead atoms. The van der Waals surface area contributed by atoms with Gasteiger partial charge < -0.3 is 20.1 Å². The summed E-state index contributed by atoms with van der Waals surface area (Å²) in [6.45, 7) is 15.5. The molecule has 1 atom stereocenters. The fourth-order valence-corrected chi connectivity index (χ4v) is 2.54. The summed E-state index contributed by atoms with van der Waals surface area (Å²) in [5.41, 5.74) is 0.975. The first kappa shape index (κ1) is 20.5. The average Bonchev–Trinajstić information content (AvgIpc) is 3.05. The summed E-state index contributed by atoms with van der Waals surface area (Å²) in [7, 11) is 0. The Hall–Kier alpha value is -1.56. The third-order valence-electron chi connectivity index (χ3n) is 4.10. The van der Waals surface area contributed by atoms with Gasteiger partial charge in [-0.05, 0) is 52.7 Å². The summed E-state index contributed by atoms with van der Waals surface area (Å²) in [5.74, 6) is 1.64. The van der Waals surface area contributed by atoms with Crippen molar-refractivity contribution in [3.63, 3.8) is 0 Å². The van der Waals surface area contributed by atoms with Crippen molar-refractivity contribution in [3.8, 4) is 0 Å². The van der Waals surface area contributed by atoms with Crippen LogP contribution in [0.5, 0.6) is 0 Å². The molecule has 1 unspecified atom stereocenters. The minimum absolute atomic E-state index is 0.388. The molecule has 24 heavy (non-hydrogen) atoms. The van der Waals surface area contributed by atoms with E-state index in [9.17, 15) is 0 Å². The highest BCUT2D eigenvalue weighted by atomic mass is 16.5. The molecule has 6 heteroatoms. The van der Waals surface area contributed by atoms with Crippen LogP contribution in [0.3, 0.4) is 0 Å². The highest BCUT2D eigenvalue weighted by molar-refractivity contribution is 5.79. The van der Waals surface area contributed by atoms with Gasteiger partial charge in [0.2, 0.25) is 0 Å². The molecule has 6 nitrogen and oxygen atoms in total. The van der Waals surface area contributed by atoms with E-state index in [1.807, 2.05) is 6.07 Å². The monoisotopic (exact) mass is 337 g/mol. The number of rotatable bonds is 11. The molecule has 0 aliphatic rings. The van der Waals surface area contributed by atoms with Crippen LogP contribution in [0.25, 0.3) is 0 Å². The lowest BCUT2D eigenvalue weighted by molar-refractivity contribution is 0.292. The van der Waals surface area contributed by atoms with Crippen molar-refractivity contribution < 1.29 is 4.52 Å². The standard InChI is InChI=1S/C18H35N5O/c1-6-16-13-17(24-22-16)14-20-18(19-7-2)21-15(5)11-10-12-23(8-3)9-4/h13,15H,6-12,14H2,1-5H3,(H2,19,20,21). The van der Waals surface area contributed by atoms with Crippen molar-refractivity contribution in [1.82, 2.24) is 20.7 Å². The fraction of sp³-hybridized carbons (Fsp3) is 0.778. The van der Waals surface area contributed by atoms with Crippen molar-refractivity contribution in [2.45, 2.75) is 66.5 Å². The van der Waals surface area contributed by atoms with Crippen LogP contribution in [0.1, 0.15) is 58.9 Å². The number of hydrogen-bond acceptors (Lipinski definition) is 4. The molecule has 0 fully saturated rings. The topological polar surface area (TPSA) is 65.7 Å². The predicted octanol–water partition coefficient (Wildman–Crippen LogP) is 2.80. The second kappa shape index (κ2) is 11.9. The zero-order valence-electron chi connectivity index (χ0n) is 16.1. The molecule has 0 spiro atoms. The predicted molar refractivity (Wildman–Crippen MR) is 100 cm³/mol. The molecule has 0 radical (unpaired) electrons. The van der Waals surface area contributed by atoms with Crippen LogP contribution in [-0.2, 0) is 13.0 Å². The van der Waals surface area contributed by atoms with Gasteiger partial charge in [-0.25, -0.2) is 4.99 Å². The van der Waals surface area contributed by atoms with Crippen LogP contribution in [0.4, 0.5) is 0 Å². The van der Waals surface area contributed by atoms with Gasteiger partial charge in [0.05, 0.1) is 5.69 Å². The van der Waals surface area contributed by atoms with E-state index in [0.717, 1.165) is 56.4 Å². The summed E-state index contributed by atoms with van der Waals surface area (Å²) in [4.78, 5) is 7.06. The third kappa shape index (κ3) is 7.81. The molecular formula is C18H35N5O. The van der Waals surface area contributed by atoms with E-state index < -0.39 is 0 Å². The van der Waals surface area contributed by atoms with E-state index in [0.29, 0.717) is 12.6 Å². The Morgan fingerprint density at radius 1 is 1.29 bits per heavy atom. The van der Waals surface area contributed by atoms with Crippen LogP contribution in [0.15, 0.2) is 15.6 Å². The SMILES string of the molecule is CCNC(=NCc1cc(CC)no1)NC(C)CCCN(CC)CC. The minimum Gasteiger partial charge on any atom is -0.359 e. The molecule has 0 aliphatic heterocycles. The van der Waals surface area contributed by atoms with E-state index >= 15 is 0 Å². The average molecular weight is 338 g/mol. The maximum atomic E-state index is 5.29. The summed E-state index contributed by atoms with van der Waals surface area (Å²) in [5, 5.41) is 10.8. The third-order valence-corrected chi connectivity index (χ3v) is 4.10. The van der Waals surface area contributed by atoms with Crippen molar-refractivity contribution in [3.05, 3.63) is 17.5 Å². The Morgan fingerprint density at radius 3 is 2.62 bits per heavy atom. The molecule has 1 rings (SSSR count). The molecule has 0 aromatic carbocycles. The maximum absolute atomic E-state index is 5.29. The molecule has 0 aliphatic carbocycles. The molecule has 1 aromatic heterocycles. The van der Waals surface area contributed by atoms with Gasteiger partial charge in [0.15, 0.2) is 11.7 Å². The lowest BCUT2D eigenvalue weighted by Crippen LogP contribution is -2.42. The van der Waals surface area contributed by atoms with E-state index in [4.69, 9.17) is 4.52 Å². The summed E-state index contributed by atoms with van der Waals surface area (Å²) in [6.07, 6.45) is 3.20. The first-order valence-corrected chi connectivity index (χ1v) is 9.34. The Kier molecular flexibility index (Phi) is 10.2.